The average molecular weight is 222 g/mol. The van der Waals surface area contributed by atoms with Gasteiger partial charge in [0, 0.05) is 0 Å². The molecule has 0 aromatic heterocycles. The summed E-state index contributed by atoms with van der Waals surface area (Å²) in [4.78, 5) is 11.4. The fourth-order valence-corrected chi connectivity index (χ4v) is 1.79. The van der Waals surface area contributed by atoms with Gasteiger partial charge in [0.15, 0.2) is 0 Å². The zero-order chi connectivity index (χ0) is 9.68. The van der Waals surface area contributed by atoms with Crippen LogP contribution in [0, 0.1) is 5.92 Å². The first-order chi connectivity index (χ1) is 6.27. The Kier molecular flexibility index (Phi) is 6.93. The maximum Gasteiger partial charge on any atom is 0.323 e. The van der Waals surface area contributed by atoms with Gasteiger partial charge in [-0.15, -0.1) is 12.4 Å². The number of carbonyl (C=O) groups excluding carboxylic acids is 1. The summed E-state index contributed by atoms with van der Waals surface area (Å²) in [7, 11) is 0. The van der Waals surface area contributed by atoms with Crippen molar-refractivity contribution in [3.05, 3.63) is 0 Å². The number of ether oxygens (including phenoxy) is 1. The van der Waals surface area contributed by atoms with Gasteiger partial charge in [-0.05, 0) is 32.2 Å². The molecule has 0 spiro atoms. The number of rotatable bonds is 3. The van der Waals surface area contributed by atoms with Crippen molar-refractivity contribution in [2.45, 2.75) is 39.2 Å². The summed E-state index contributed by atoms with van der Waals surface area (Å²) in [5.74, 6) is 0.608. The molecule has 0 bridgehead atoms. The molecule has 1 N–H and O–H groups in total. The van der Waals surface area contributed by atoms with Crippen molar-refractivity contribution in [3.63, 3.8) is 0 Å². The van der Waals surface area contributed by atoms with Crippen LogP contribution in [-0.4, -0.2) is 25.2 Å². The highest BCUT2D eigenvalue weighted by Gasteiger charge is 2.26. The van der Waals surface area contributed by atoms with Crippen LogP contribution < -0.4 is 5.32 Å². The van der Waals surface area contributed by atoms with Crippen molar-refractivity contribution in [2.75, 3.05) is 13.2 Å². The van der Waals surface area contributed by atoms with E-state index in [2.05, 4.69) is 12.2 Å². The van der Waals surface area contributed by atoms with Crippen LogP contribution in [0.3, 0.4) is 0 Å². The first-order valence-corrected chi connectivity index (χ1v) is 5.18. The predicted octanol–water partition coefficient (Wildman–Crippen LogP) is 1.75. The SMILES string of the molecule is CCOC(=O)C1CC(CC)CCN1.Cl. The van der Waals surface area contributed by atoms with Gasteiger partial charge in [-0.25, -0.2) is 0 Å². The molecule has 1 aliphatic rings. The van der Waals surface area contributed by atoms with Gasteiger partial charge in [0.1, 0.15) is 6.04 Å². The average Bonchev–Trinajstić information content (AvgIpc) is 2.18. The predicted molar refractivity (Wildman–Crippen MR) is 58.7 cm³/mol. The summed E-state index contributed by atoms with van der Waals surface area (Å²) < 4.78 is 4.97. The molecule has 3 nitrogen and oxygen atoms in total. The standard InChI is InChI=1S/C10H19NO2.ClH/c1-3-8-5-6-11-9(7-8)10(12)13-4-2;/h8-9,11H,3-7H2,1-2H3;1H. The summed E-state index contributed by atoms with van der Waals surface area (Å²) in [5, 5.41) is 3.19. The maximum absolute atomic E-state index is 11.4. The van der Waals surface area contributed by atoms with Crippen molar-refractivity contribution >= 4 is 18.4 Å². The van der Waals surface area contributed by atoms with Gasteiger partial charge < -0.3 is 10.1 Å². The number of carbonyl (C=O) groups is 1. The van der Waals surface area contributed by atoms with Gasteiger partial charge in [0.25, 0.3) is 0 Å². The van der Waals surface area contributed by atoms with Crippen LogP contribution in [0.4, 0.5) is 0 Å². The van der Waals surface area contributed by atoms with Crippen molar-refractivity contribution in [1.82, 2.24) is 5.32 Å². The molecule has 1 fully saturated rings. The molecule has 14 heavy (non-hydrogen) atoms. The minimum Gasteiger partial charge on any atom is -0.465 e. The summed E-state index contributed by atoms with van der Waals surface area (Å²) in [6.45, 7) is 5.45. The normalized spacial score (nSPS) is 26.4. The van der Waals surface area contributed by atoms with E-state index in [1.807, 2.05) is 6.92 Å². The minimum atomic E-state index is -0.0827. The second-order valence-electron chi connectivity index (χ2n) is 3.56. The first-order valence-electron chi connectivity index (χ1n) is 5.18. The van der Waals surface area contributed by atoms with Crippen LogP contribution >= 0.6 is 12.4 Å². The lowest BCUT2D eigenvalue weighted by atomic mass is 9.90. The van der Waals surface area contributed by atoms with E-state index in [-0.39, 0.29) is 24.4 Å². The zero-order valence-electron chi connectivity index (χ0n) is 8.91. The number of halogens is 1. The summed E-state index contributed by atoms with van der Waals surface area (Å²) in [5.41, 5.74) is 0. The highest BCUT2D eigenvalue weighted by Crippen LogP contribution is 2.19. The van der Waals surface area contributed by atoms with Gasteiger partial charge in [0.05, 0.1) is 6.61 Å². The molecular formula is C10H20ClNO2. The fourth-order valence-electron chi connectivity index (χ4n) is 1.79. The maximum atomic E-state index is 11.4. The van der Waals surface area contributed by atoms with E-state index in [1.165, 1.54) is 6.42 Å². The Morgan fingerprint density at radius 3 is 2.79 bits per heavy atom. The smallest absolute Gasteiger partial charge is 0.323 e. The second kappa shape index (κ2) is 7.07. The van der Waals surface area contributed by atoms with Crippen molar-refractivity contribution in [1.29, 1.82) is 0 Å². The number of nitrogens with one attached hydrogen (secondary N) is 1. The lowest BCUT2D eigenvalue weighted by Crippen LogP contribution is -2.44. The molecule has 1 saturated heterocycles. The highest BCUT2D eigenvalue weighted by atomic mass is 35.5. The topological polar surface area (TPSA) is 38.3 Å². The number of hydrogen-bond acceptors (Lipinski definition) is 3. The van der Waals surface area contributed by atoms with Crippen molar-refractivity contribution in [2.24, 2.45) is 5.92 Å². The van der Waals surface area contributed by atoms with Gasteiger partial charge >= 0.3 is 5.97 Å². The monoisotopic (exact) mass is 221 g/mol. The minimum absolute atomic E-state index is 0. The third kappa shape index (κ3) is 3.84. The Balaban J connectivity index is 0.00000169. The van der Waals surface area contributed by atoms with E-state index < -0.39 is 0 Å². The zero-order valence-corrected chi connectivity index (χ0v) is 9.73. The molecule has 0 radical (unpaired) electrons. The van der Waals surface area contributed by atoms with Crippen LogP contribution in [0.15, 0.2) is 0 Å². The molecule has 84 valence electrons. The van der Waals surface area contributed by atoms with Crippen LogP contribution in [-0.2, 0) is 9.53 Å². The second-order valence-corrected chi connectivity index (χ2v) is 3.56. The Morgan fingerprint density at radius 1 is 1.50 bits per heavy atom. The van der Waals surface area contributed by atoms with Crippen molar-refractivity contribution < 1.29 is 9.53 Å². The molecule has 2 unspecified atom stereocenters. The Hall–Kier alpha value is -0.280. The molecular weight excluding hydrogens is 202 g/mol. The molecule has 2 atom stereocenters. The number of hydrogen-bond donors (Lipinski definition) is 1. The fraction of sp³-hybridized carbons (Fsp3) is 0.900. The Labute approximate surface area is 92.0 Å². The summed E-state index contributed by atoms with van der Waals surface area (Å²) in [6, 6.07) is -0.0568. The van der Waals surface area contributed by atoms with E-state index in [4.69, 9.17) is 4.74 Å². The van der Waals surface area contributed by atoms with Gasteiger partial charge in [0.2, 0.25) is 0 Å². The third-order valence-electron chi connectivity index (χ3n) is 2.66. The lowest BCUT2D eigenvalue weighted by Gasteiger charge is -2.27. The quantitative estimate of drug-likeness (QED) is 0.738. The van der Waals surface area contributed by atoms with Gasteiger partial charge in [-0.2, -0.15) is 0 Å². The molecule has 0 aliphatic carbocycles. The van der Waals surface area contributed by atoms with Crippen LogP contribution in [0.25, 0.3) is 0 Å². The molecule has 1 aliphatic heterocycles. The summed E-state index contributed by atoms with van der Waals surface area (Å²) in [6.07, 6.45) is 3.29. The van der Waals surface area contributed by atoms with Gasteiger partial charge in [-0.3, -0.25) is 4.79 Å². The highest BCUT2D eigenvalue weighted by molar-refractivity contribution is 5.85. The summed E-state index contributed by atoms with van der Waals surface area (Å²) >= 11 is 0. The van der Waals surface area contributed by atoms with Gasteiger partial charge in [-0.1, -0.05) is 13.3 Å². The van der Waals surface area contributed by atoms with Crippen LogP contribution in [0.2, 0.25) is 0 Å². The van der Waals surface area contributed by atoms with E-state index in [9.17, 15) is 4.79 Å². The molecule has 4 heteroatoms. The van der Waals surface area contributed by atoms with Crippen LogP contribution in [0.5, 0.6) is 0 Å². The molecule has 0 amide bonds. The third-order valence-corrected chi connectivity index (χ3v) is 2.66. The molecule has 1 heterocycles. The van der Waals surface area contributed by atoms with Crippen molar-refractivity contribution in [3.8, 4) is 0 Å². The number of piperidine rings is 1. The van der Waals surface area contributed by atoms with E-state index in [1.54, 1.807) is 0 Å². The number of esters is 1. The Bertz CT molecular complexity index is 176. The Morgan fingerprint density at radius 2 is 2.21 bits per heavy atom. The van der Waals surface area contributed by atoms with E-state index in [0.29, 0.717) is 12.5 Å². The first kappa shape index (κ1) is 13.7. The lowest BCUT2D eigenvalue weighted by molar-refractivity contribution is -0.146. The largest absolute Gasteiger partial charge is 0.465 e. The van der Waals surface area contributed by atoms with Crippen LogP contribution in [0.1, 0.15) is 33.1 Å². The molecule has 0 aromatic carbocycles. The van der Waals surface area contributed by atoms with E-state index in [0.717, 1.165) is 19.4 Å². The molecule has 1 rings (SSSR count). The molecule has 0 saturated carbocycles. The van der Waals surface area contributed by atoms with E-state index >= 15 is 0 Å². The molecule has 0 aromatic rings.